The van der Waals surface area contributed by atoms with Crippen molar-refractivity contribution in [2.75, 3.05) is 12.8 Å². The summed E-state index contributed by atoms with van der Waals surface area (Å²) in [6.45, 7) is 2.43. The van der Waals surface area contributed by atoms with Crippen molar-refractivity contribution in [2.45, 2.75) is 24.4 Å². The van der Waals surface area contributed by atoms with E-state index >= 15 is 0 Å². The van der Waals surface area contributed by atoms with Gasteiger partial charge in [-0.3, -0.25) is 4.57 Å². The van der Waals surface area contributed by atoms with Crippen LogP contribution in [0, 0.1) is 0 Å². The summed E-state index contributed by atoms with van der Waals surface area (Å²) < 4.78 is 7.20. The van der Waals surface area contributed by atoms with E-state index < -0.39 is 0 Å². The Labute approximate surface area is 173 Å². The number of benzene rings is 3. The van der Waals surface area contributed by atoms with Crippen molar-refractivity contribution >= 4 is 22.9 Å². The number of fused-ring (bicyclic) bond motifs is 2. The molecule has 0 aliphatic carbocycles. The highest BCUT2D eigenvalue weighted by molar-refractivity contribution is 7.98. The molecule has 5 rings (SSSR count). The van der Waals surface area contributed by atoms with Gasteiger partial charge in [-0.25, -0.2) is 4.79 Å². The van der Waals surface area contributed by atoms with Gasteiger partial charge >= 0.3 is 5.76 Å². The molecule has 146 valence electrons. The molecule has 0 saturated heterocycles. The molecule has 1 aliphatic rings. The molecule has 3 aromatic carbocycles. The highest BCUT2D eigenvalue weighted by atomic mass is 32.2. The van der Waals surface area contributed by atoms with Crippen LogP contribution in [0.5, 0.6) is 0 Å². The maximum Gasteiger partial charge on any atom is 0.420 e. The molecular formula is C24H22N2O2S. The molecule has 0 unspecified atom stereocenters. The maximum atomic E-state index is 12.5. The Hall–Kier alpha value is -2.76. The zero-order valence-corrected chi connectivity index (χ0v) is 17.1. The Morgan fingerprint density at radius 2 is 2.00 bits per heavy atom. The number of thioether (sulfide) groups is 1. The topological polar surface area (TPSA) is 47.2 Å². The van der Waals surface area contributed by atoms with Crippen molar-refractivity contribution in [1.29, 1.82) is 0 Å². The quantitative estimate of drug-likeness (QED) is 0.504. The SMILES string of the molecule is CSc1ccc2c(c1)oc(=O)n2Cc1cccc(-c2cccc3c2CNCC3)c1. The molecule has 0 amide bonds. The minimum atomic E-state index is -0.315. The lowest BCUT2D eigenvalue weighted by Crippen LogP contribution is -2.24. The van der Waals surface area contributed by atoms with Crippen LogP contribution in [0.1, 0.15) is 16.7 Å². The predicted molar refractivity (Wildman–Crippen MR) is 119 cm³/mol. The van der Waals surface area contributed by atoms with Crippen LogP contribution in [-0.2, 0) is 19.5 Å². The first-order valence-corrected chi connectivity index (χ1v) is 11.0. The lowest BCUT2D eigenvalue weighted by atomic mass is 9.91. The Balaban J connectivity index is 1.53. The van der Waals surface area contributed by atoms with Gasteiger partial charge in [0.05, 0.1) is 12.1 Å². The summed E-state index contributed by atoms with van der Waals surface area (Å²) in [7, 11) is 0. The van der Waals surface area contributed by atoms with Gasteiger partial charge in [0.1, 0.15) is 0 Å². The molecule has 1 aromatic heterocycles. The molecule has 4 aromatic rings. The van der Waals surface area contributed by atoms with E-state index in [2.05, 4.69) is 47.8 Å². The van der Waals surface area contributed by atoms with Crippen LogP contribution in [0.15, 0.2) is 74.8 Å². The van der Waals surface area contributed by atoms with Gasteiger partial charge in [0.2, 0.25) is 0 Å². The van der Waals surface area contributed by atoms with Crippen LogP contribution in [0.3, 0.4) is 0 Å². The number of aromatic nitrogens is 1. The zero-order valence-electron chi connectivity index (χ0n) is 16.3. The number of hydrogen-bond donors (Lipinski definition) is 1. The van der Waals surface area contributed by atoms with Gasteiger partial charge in [-0.1, -0.05) is 36.4 Å². The predicted octanol–water partition coefficient (Wildman–Crippen LogP) is 4.68. The van der Waals surface area contributed by atoms with Crippen molar-refractivity contribution in [2.24, 2.45) is 0 Å². The standard InChI is InChI=1S/C24H22N2O2S/c1-29-19-8-9-22-23(13-19)28-24(27)26(22)15-16-4-2-6-18(12-16)20-7-3-5-17-10-11-25-14-21(17)20/h2-9,12-13,25H,10-11,14-15H2,1H3. The van der Waals surface area contributed by atoms with Crippen LogP contribution in [-0.4, -0.2) is 17.4 Å². The van der Waals surface area contributed by atoms with Crippen LogP contribution in [0.4, 0.5) is 0 Å². The summed E-state index contributed by atoms with van der Waals surface area (Å²) in [6.07, 6.45) is 3.08. The van der Waals surface area contributed by atoms with Gasteiger partial charge in [0, 0.05) is 11.4 Å². The molecule has 0 spiro atoms. The number of nitrogens with one attached hydrogen (secondary N) is 1. The first-order chi connectivity index (χ1) is 14.2. The first kappa shape index (κ1) is 18.3. The number of rotatable bonds is 4. The van der Waals surface area contributed by atoms with Crippen molar-refractivity contribution in [3.63, 3.8) is 0 Å². The summed E-state index contributed by atoms with van der Waals surface area (Å²) in [4.78, 5) is 13.6. The first-order valence-electron chi connectivity index (χ1n) is 9.81. The van der Waals surface area contributed by atoms with Crippen LogP contribution < -0.4 is 11.1 Å². The smallest absolute Gasteiger partial charge is 0.408 e. The number of hydrogen-bond acceptors (Lipinski definition) is 4. The molecule has 0 saturated carbocycles. The van der Waals surface area contributed by atoms with Gasteiger partial charge < -0.3 is 9.73 Å². The van der Waals surface area contributed by atoms with Crippen LogP contribution in [0.25, 0.3) is 22.2 Å². The number of nitrogens with zero attached hydrogens (tertiary/aromatic N) is 1. The second-order valence-electron chi connectivity index (χ2n) is 7.36. The third-order valence-corrected chi connectivity index (χ3v) is 6.33. The Morgan fingerprint density at radius 3 is 2.90 bits per heavy atom. The van der Waals surface area contributed by atoms with Crippen molar-refractivity contribution < 1.29 is 4.42 Å². The van der Waals surface area contributed by atoms with E-state index in [1.54, 1.807) is 16.3 Å². The van der Waals surface area contributed by atoms with E-state index in [1.807, 2.05) is 24.5 Å². The molecule has 0 atom stereocenters. The van der Waals surface area contributed by atoms with E-state index in [1.165, 1.54) is 22.3 Å². The van der Waals surface area contributed by atoms with E-state index in [-0.39, 0.29) is 5.76 Å². The molecule has 0 bridgehead atoms. The summed E-state index contributed by atoms with van der Waals surface area (Å²) in [5, 5.41) is 3.48. The molecule has 0 radical (unpaired) electrons. The Morgan fingerprint density at radius 1 is 1.10 bits per heavy atom. The fourth-order valence-electron chi connectivity index (χ4n) is 4.13. The van der Waals surface area contributed by atoms with Gasteiger partial charge in [0.15, 0.2) is 5.58 Å². The fraction of sp³-hybridized carbons (Fsp3) is 0.208. The van der Waals surface area contributed by atoms with Crippen LogP contribution in [0.2, 0.25) is 0 Å². The third-order valence-electron chi connectivity index (χ3n) is 5.60. The second-order valence-corrected chi connectivity index (χ2v) is 8.24. The minimum Gasteiger partial charge on any atom is -0.408 e. The van der Waals surface area contributed by atoms with E-state index in [0.29, 0.717) is 12.1 Å². The molecule has 0 fully saturated rings. The van der Waals surface area contributed by atoms with Crippen molar-refractivity contribution in [3.05, 3.63) is 87.9 Å². The maximum absolute atomic E-state index is 12.5. The van der Waals surface area contributed by atoms with Gasteiger partial charge in [-0.2, -0.15) is 0 Å². The molecule has 5 heteroatoms. The normalized spacial score (nSPS) is 13.6. The Kier molecular flexibility index (Phi) is 4.78. The molecule has 1 N–H and O–H groups in total. The van der Waals surface area contributed by atoms with Crippen molar-refractivity contribution in [1.82, 2.24) is 9.88 Å². The summed E-state index contributed by atoms with van der Waals surface area (Å²) in [5.74, 6) is -0.315. The zero-order chi connectivity index (χ0) is 19.8. The second kappa shape index (κ2) is 7.58. The summed E-state index contributed by atoms with van der Waals surface area (Å²) in [6, 6.07) is 20.9. The lowest BCUT2D eigenvalue weighted by molar-refractivity contribution is 0.517. The largest absolute Gasteiger partial charge is 0.420 e. The molecule has 29 heavy (non-hydrogen) atoms. The van der Waals surface area contributed by atoms with E-state index in [9.17, 15) is 4.79 Å². The van der Waals surface area contributed by atoms with Gasteiger partial charge in [-0.05, 0) is 71.3 Å². The number of oxazole rings is 1. The average molecular weight is 403 g/mol. The minimum absolute atomic E-state index is 0.315. The lowest BCUT2D eigenvalue weighted by Gasteiger charge is -2.20. The average Bonchev–Trinajstić information content (AvgIpc) is 3.07. The molecule has 1 aliphatic heterocycles. The Bertz CT molecular complexity index is 1260. The third kappa shape index (κ3) is 3.41. The van der Waals surface area contributed by atoms with E-state index in [0.717, 1.165) is 35.5 Å². The van der Waals surface area contributed by atoms with Crippen LogP contribution >= 0.6 is 11.8 Å². The summed E-state index contributed by atoms with van der Waals surface area (Å²) >= 11 is 1.64. The van der Waals surface area contributed by atoms with Crippen molar-refractivity contribution in [3.8, 4) is 11.1 Å². The monoisotopic (exact) mass is 402 g/mol. The highest BCUT2D eigenvalue weighted by Crippen LogP contribution is 2.29. The van der Waals surface area contributed by atoms with E-state index in [4.69, 9.17) is 4.42 Å². The fourth-order valence-corrected chi connectivity index (χ4v) is 4.56. The van der Waals surface area contributed by atoms with Gasteiger partial charge in [0.25, 0.3) is 0 Å². The molecular weight excluding hydrogens is 380 g/mol. The van der Waals surface area contributed by atoms with Gasteiger partial charge in [-0.15, -0.1) is 11.8 Å². The highest BCUT2D eigenvalue weighted by Gasteiger charge is 2.15. The summed E-state index contributed by atoms with van der Waals surface area (Å²) in [5.41, 5.74) is 7.82. The molecule has 2 heterocycles. The molecule has 4 nitrogen and oxygen atoms in total.